The summed E-state index contributed by atoms with van der Waals surface area (Å²) in [6.07, 6.45) is 4.07. The van der Waals surface area contributed by atoms with E-state index in [1.807, 2.05) is 19.9 Å². The fourth-order valence-electron chi connectivity index (χ4n) is 1.46. The number of ether oxygens (including phenoxy) is 2. The minimum atomic E-state index is 0.167. The summed E-state index contributed by atoms with van der Waals surface area (Å²) >= 11 is 0. The van der Waals surface area contributed by atoms with Gasteiger partial charge in [-0.15, -0.1) is 0 Å². The highest BCUT2D eigenvalue weighted by atomic mass is 16.6. The van der Waals surface area contributed by atoms with E-state index in [0.29, 0.717) is 0 Å². The third-order valence-electron chi connectivity index (χ3n) is 1.97. The van der Waals surface area contributed by atoms with Crippen LogP contribution < -0.4 is 0 Å². The molecule has 2 heterocycles. The highest BCUT2D eigenvalue weighted by Gasteiger charge is 2.34. The minimum absolute atomic E-state index is 0.167. The first-order valence-electron chi connectivity index (χ1n) is 3.48. The van der Waals surface area contributed by atoms with E-state index in [1.54, 1.807) is 6.26 Å². The third-order valence-corrected chi connectivity index (χ3v) is 1.97. The molecule has 0 aromatic heterocycles. The van der Waals surface area contributed by atoms with Gasteiger partial charge in [-0.3, -0.25) is 0 Å². The van der Waals surface area contributed by atoms with Crippen LogP contribution >= 0.6 is 0 Å². The molecule has 0 aromatic carbocycles. The van der Waals surface area contributed by atoms with E-state index in [2.05, 4.69) is 0 Å². The van der Waals surface area contributed by atoms with Crippen LogP contribution in [0.1, 0.15) is 13.8 Å². The van der Waals surface area contributed by atoms with Gasteiger partial charge in [-0.05, 0) is 19.9 Å². The lowest BCUT2D eigenvalue weighted by Gasteiger charge is -2.11. The van der Waals surface area contributed by atoms with E-state index in [4.69, 9.17) is 9.47 Å². The number of hydrogen-bond donors (Lipinski definition) is 0. The molecule has 2 aliphatic heterocycles. The van der Waals surface area contributed by atoms with Crippen LogP contribution in [0.15, 0.2) is 23.7 Å². The van der Waals surface area contributed by atoms with Crippen LogP contribution in [0.3, 0.4) is 0 Å². The molecule has 0 saturated heterocycles. The van der Waals surface area contributed by atoms with Gasteiger partial charge in [0.05, 0.1) is 6.26 Å². The number of rotatable bonds is 0. The molecule has 2 atom stereocenters. The average molecular weight is 138 g/mol. The van der Waals surface area contributed by atoms with Gasteiger partial charge in [-0.25, -0.2) is 0 Å². The number of allylic oxidation sites excluding steroid dienone is 1. The summed E-state index contributed by atoms with van der Waals surface area (Å²) in [7, 11) is 0. The Morgan fingerprint density at radius 3 is 3.00 bits per heavy atom. The lowest BCUT2D eigenvalue weighted by Crippen LogP contribution is -2.19. The molecule has 2 nitrogen and oxygen atoms in total. The molecule has 10 heavy (non-hydrogen) atoms. The maximum absolute atomic E-state index is 5.43. The molecule has 0 N–H and O–H groups in total. The van der Waals surface area contributed by atoms with Crippen LogP contribution in [0.4, 0.5) is 0 Å². The number of fused-ring (bicyclic) bond motifs is 1. The summed E-state index contributed by atoms with van der Waals surface area (Å²) in [4.78, 5) is 0. The summed E-state index contributed by atoms with van der Waals surface area (Å²) in [6.45, 7) is 4.00. The monoisotopic (exact) mass is 138 g/mol. The largest absolute Gasteiger partial charge is 0.491 e. The molecule has 0 aliphatic carbocycles. The molecule has 2 rings (SSSR count). The van der Waals surface area contributed by atoms with Crippen LogP contribution in [0.2, 0.25) is 0 Å². The molecule has 0 saturated carbocycles. The highest BCUT2D eigenvalue weighted by molar-refractivity contribution is 5.33. The normalized spacial score (nSPS) is 35.8. The smallest absolute Gasteiger partial charge is 0.162 e. The molecule has 2 heteroatoms. The van der Waals surface area contributed by atoms with E-state index in [-0.39, 0.29) is 12.2 Å². The molecule has 0 fully saturated rings. The zero-order chi connectivity index (χ0) is 7.14. The first kappa shape index (κ1) is 5.83. The Labute approximate surface area is 60.1 Å². The van der Waals surface area contributed by atoms with E-state index in [1.165, 1.54) is 5.57 Å². The Morgan fingerprint density at radius 2 is 2.30 bits per heavy atom. The topological polar surface area (TPSA) is 18.5 Å². The Hall–Kier alpha value is -0.920. The van der Waals surface area contributed by atoms with Crippen molar-refractivity contribution in [2.45, 2.75) is 26.1 Å². The van der Waals surface area contributed by atoms with Crippen molar-refractivity contribution in [1.82, 2.24) is 0 Å². The Morgan fingerprint density at radius 1 is 1.50 bits per heavy atom. The van der Waals surface area contributed by atoms with Gasteiger partial charge in [0.1, 0.15) is 11.9 Å². The molecule has 0 aromatic rings. The van der Waals surface area contributed by atoms with Gasteiger partial charge in [0.25, 0.3) is 0 Å². The van der Waals surface area contributed by atoms with Crippen molar-refractivity contribution < 1.29 is 9.47 Å². The third kappa shape index (κ3) is 0.589. The first-order valence-corrected chi connectivity index (χ1v) is 3.48. The van der Waals surface area contributed by atoms with Gasteiger partial charge in [0.15, 0.2) is 6.10 Å². The van der Waals surface area contributed by atoms with Gasteiger partial charge in [0, 0.05) is 5.57 Å². The zero-order valence-electron chi connectivity index (χ0n) is 6.13. The van der Waals surface area contributed by atoms with Crippen LogP contribution in [0.5, 0.6) is 0 Å². The quantitative estimate of drug-likeness (QED) is 0.506. The van der Waals surface area contributed by atoms with Crippen molar-refractivity contribution in [1.29, 1.82) is 0 Å². The highest BCUT2D eigenvalue weighted by Crippen LogP contribution is 2.32. The maximum Gasteiger partial charge on any atom is 0.162 e. The number of hydrogen-bond acceptors (Lipinski definition) is 2. The fraction of sp³-hybridized carbons (Fsp3) is 0.500. The summed E-state index contributed by atoms with van der Waals surface area (Å²) in [5, 5.41) is 0. The molecule has 2 unspecified atom stereocenters. The van der Waals surface area contributed by atoms with Crippen molar-refractivity contribution in [3.05, 3.63) is 23.7 Å². The molecule has 54 valence electrons. The van der Waals surface area contributed by atoms with E-state index in [0.717, 1.165) is 5.76 Å². The molecule has 0 amide bonds. The molecule has 0 radical (unpaired) electrons. The molecule has 2 aliphatic rings. The second-order valence-electron chi connectivity index (χ2n) is 2.69. The summed E-state index contributed by atoms with van der Waals surface area (Å²) in [5.41, 5.74) is 1.20. The van der Waals surface area contributed by atoms with Gasteiger partial charge < -0.3 is 9.47 Å². The van der Waals surface area contributed by atoms with Crippen LogP contribution in [0.25, 0.3) is 0 Å². The van der Waals surface area contributed by atoms with Crippen LogP contribution in [-0.2, 0) is 9.47 Å². The minimum Gasteiger partial charge on any atom is -0.491 e. The predicted molar refractivity (Wildman–Crippen MR) is 37.3 cm³/mol. The van der Waals surface area contributed by atoms with Crippen LogP contribution in [0, 0.1) is 0 Å². The average Bonchev–Trinajstić information content (AvgIpc) is 2.39. The van der Waals surface area contributed by atoms with E-state index >= 15 is 0 Å². The Balaban J connectivity index is 2.34. The lowest BCUT2D eigenvalue weighted by molar-refractivity contribution is 0.0583. The van der Waals surface area contributed by atoms with E-state index < -0.39 is 0 Å². The van der Waals surface area contributed by atoms with Gasteiger partial charge in [-0.1, -0.05) is 0 Å². The van der Waals surface area contributed by atoms with Crippen molar-refractivity contribution in [2.24, 2.45) is 0 Å². The molecule has 0 spiro atoms. The molecule has 0 bridgehead atoms. The van der Waals surface area contributed by atoms with Crippen molar-refractivity contribution >= 4 is 0 Å². The van der Waals surface area contributed by atoms with Gasteiger partial charge >= 0.3 is 0 Å². The summed E-state index contributed by atoms with van der Waals surface area (Å²) < 4.78 is 10.7. The Kier molecular flexibility index (Phi) is 1.04. The van der Waals surface area contributed by atoms with E-state index in [9.17, 15) is 0 Å². The second kappa shape index (κ2) is 1.78. The maximum atomic E-state index is 5.43. The van der Waals surface area contributed by atoms with Crippen molar-refractivity contribution in [2.75, 3.05) is 0 Å². The standard InChI is InChI=1S/C8H10O2/c1-5-7-3-4-9-8(7)6(2)10-5/h3-4,6,8H,1-2H3. The summed E-state index contributed by atoms with van der Waals surface area (Å²) in [6, 6.07) is 0. The van der Waals surface area contributed by atoms with Gasteiger partial charge in [0.2, 0.25) is 0 Å². The molecular weight excluding hydrogens is 128 g/mol. The SMILES string of the molecule is CC1=C2C=COC2C(C)O1. The van der Waals surface area contributed by atoms with Gasteiger partial charge in [-0.2, -0.15) is 0 Å². The molecular formula is C8H10O2. The zero-order valence-corrected chi connectivity index (χ0v) is 6.13. The predicted octanol–water partition coefficient (Wildman–Crippen LogP) is 1.59. The Bertz CT molecular complexity index is 215. The fourth-order valence-corrected chi connectivity index (χ4v) is 1.46. The summed E-state index contributed by atoms with van der Waals surface area (Å²) in [5.74, 6) is 1.01. The lowest BCUT2D eigenvalue weighted by atomic mass is 10.1. The van der Waals surface area contributed by atoms with Crippen molar-refractivity contribution in [3.8, 4) is 0 Å². The second-order valence-corrected chi connectivity index (χ2v) is 2.69. The first-order chi connectivity index (χ1) is 4.79. The van der Waals surface area contributed by atoms with Crippen LogP contribution in [-0.4, -0.2) is 12.2 Å². The van der Waals surface area contributed by atoms with Crippen molar-refractivity contribution in [3.63, 3.8) is 0 Å².